The van der Waals surface area contributed by atoms with Crippen LogP contribution < -0.4 is 4.84 Å². The first-order valence-corrected chi connectivity index (χ1v) is 6.62. The maximum absolute atomic E-state index is 5.58. The van der Waals surface area contributed by atoms with Crippen LogP contribution in [0.2, 0.25) is 0 Å². The number of allylic oxidation sites excluding steroid dienone is 2. The Morgan fingerprint density at radius 2 is 2.00 bits per heavy atom. The van der Waals surface area contributed by atoms with Gasteiger partial charge in [-0.05, 0) is 79.6 Å². The lowest BCUT2D eigenvalue weighted by molar-refractivity contribution is 0.957. The lowest BCUT2D eigenvalue weighted by Crippen LogP contribution is -2.01. The van der Waals surface area contributed by atoms with Crippen LogP contribution in [0.3, 0.4) is 0 Å². The fourth-order valence-corrected chi connectivity index (χ4v) is 2.29. The molecule has 1 aromatic carbocycles. The lowest BCUT2D eigenvalue weighted by Gasteiger charge is -2.13. The topological polar surface area (TPSA) is 12.0 Å². The summed E-state index contributed by atoms with van der Waals surface area (Å²) in [6, 6.07) is 6.75. The van der Waals surface area contributed by atoms with E-state index in [0.717, 1.165) is 12.5 Å². The van der Waals surface area contributed by atoms with E-state index in [0.29, 0.717) is 0 Å². The molecule has 0 atom stereocenters. The van der Waals surface area contributed by atoms with Crippen LogP contribution in [0.1, 0.15) is 56.2 Å². The van der Waals surface area contributed by atoms with Crippen molar-refractivity contribution in [3.8, 4) is 0 Å². The standard InChI is InChI=1S/C15H20ClN/c1-10(2)11(3)15-8-12(9-17-16)4-7-14(15)13-5-6-13/h4,7-8,13,17H,5-6,9H2,1-3H3. The molecule has 0 heterocycles. The first-order valence-electron chi connectivity index (χ1n) is 6.24. The Kier molecular flexibility index (Phi) is 3.90. The van der Waals surface area contributed by atoms with E-state index in [-0.39, 0.29) is 0 Å². The number of nitrogens with one attached hydrogen (secondary N) is 1. The largest absolute Gasteiger partial charge is 0.229 e. The van der Waals surface area contributed by atoms with Gasteiger partial charge >= 0.3 is 0 Å². The van der Waals surface area contributed by atoms with Crippen LogP contribution in [0.5, 0.6) is 0 Å². The van der Waals surface area contributed by atoms with Gasteiger partial charge in [0.1, 0.15) is 0 Å². The molecule has 1 aromatic rings. The molecule has 0 bridgehead atoms. The predicted molar refractivity (Wildman–Crippen MR) is 75.1 cm³/mol. The molecule has 1 aliphatic carbocycles. The fraction of sp³-hybridized carbons (Fsp3) is 0.467. The highest BCUT2D eigenvalue weighted by atomic mass is 35.5. The van der Waals surface area contributed by atoms with Crippen LogP contribution in [0.25, 0.3) is 5.57 Å². The van der Waals surface area contributed by atoms with E-state index in [1.54, 1.807) is 0 Å². The minimum Gasteiger partial charge on any atom is -0.229 e. The molecule has 2 heteroatoms. The van der Waals surface area contributed by atoms with Crippen molar-refractivity contribution in [2.75, 3.05) is 0 Å². The van der Waals surface area contributed by atoms with Crippen LogP contribution in [-0.2, 0) is 6.54 Å². The maximum Gasteiger partial charge on any atom is 0.0359 e. The summed E-state index contributed by atoms with van der Waals surface area (Å²) < 4.78 is 0. The molecule has 1 N–H and O–H groups in total. The summed E-state index contributed by atoms with van der Waals surface area (Å²) in [6.07, 6.45) is 2.69. The van der Waals surface area contributed by atoms with E-state index in [9.17, 15) is 0 Å². The van der Waals surface area contributed by atoms with Crippen molar-refractivity contribution in [3.05, 3.63) is 40.5 Å². The Labute approximate surface area is 109 Å². The molecular weight excluding hydrogens is 230 g/mol. The minimum atomic E-state index is 0.718. The normalized spacial score (nSPS) is 14.8. The zero-order valence-electron chi connectivity index (χ0n) is 10.8. The van der Waals surface area contributed by atoms with E-state index in [4.69, 9.17) is 11.8 Å². The highest BCUT2D eigenvalue weighted by Crippen LogP contribution is 2.43. The smallest absolute Gasteiger partial charge is 0.0359 e. The second kappa shape index (κ2) is 5.24. The predicted octanol–water partition coefficient (Wildman–Crippen LogP) is 4.62. The van der Waals surface area contributed by atoms with Crippen molar-refractivity contribution in [2.45, 2.75) is 46.1 Å². The molecule has 2 rings (SSSR count). The van der Waals surface area contributed by atoms with Crippen molar-refractivity contribution < 1.29 is 0 Å². The van der Waals surface area contributed by atoms with Gasteiger partial charge in [-0.1, -0.05) is 17.7 Å². The molecule has 0 amide bonds. The zero-order chi connectivity index (χ0) is 12.4. The summed E-state index contributed by atoms with van der Waals surface area (Å²) >= 11 is 5.58. The quantitative estimate of drug-likeness (QED) is 0.768. The first-order chi connectivity index (χ1) is 8.13. The van der Waals surface area contributed by atoms with Gasteiger partial charge in [-0.2, -0.15) is 0 Å². The third-order valence-corrected chi connectivity index (χ3v) is 3.69. The van der Waals surface area contributed by atoms with Crippen molar-refractivity contribution in [2.24, 2.45) is 0 Å². The third kappa shape index (κ3) is 2.91. The number of hydrogen-bond acceptors (Lipinski definition) is 1. The molecular formula is C15H20ClN. The SMILES string of the molecule is CC(C)=C(C)c1cc(CNCl)ccc1C1CC1. The van der Waals surface area contributed by atoms with Crippen LogP contribution in [0, 0.1) is 0 Å². The Morgan fingerprint density at radius 1 is 1.29 bits per heavy atom. The highest BCUT2D eigenvalue weighted by molar-refractivity contribution is 6.13. The number of hydrogen-bond donors (Lipinski definition) is 1. The molecule has 1 saturated carbocycles. The van der Waals surface area contributed by atoms with Crippen molar-refractivity contribution in [1.82, 2.24) is 4.84 Å². The van der Waals surface area contributed by atoms with E-state index in [2.05, 4.69) is 43.8 Å². The number of halogens is 1. The zero-order valence-corrected chi connectivity index (χ0v) is 11.6. The molecule has 92 valence electrons. The molecule has 0 saturated heterocycles. The van der Waals surface area contributed by atoms with E-state index in [1.165, 1.54) is 40.7 Å². The number of benzene rings is 1. The van der Waals surface area contributed by atoms with Gasteiger partial charge in [0.2, 0.25) is 0 Å². The van der Waals surface area contributed by atoms with Crippen molar-refractivity contribution in [1.29, 1.82) is 0 Å². The Morgan fingerprint density at radius 3 is 2.53 bits per heavy atom. The molecule has 1 aliphatic rings. The fourth-order valence-electron chi connectivity index (χ4n) is 2.13. The molecule has 1 nitrogen and oxygen atoms in total. The minimum absolute atomic E-state index is 0.718. The molecule has 0 spiro atoms. The van der Waals surface area contributed by atoms with Gasteiger partial charge in [-0.15, -0.1) is 0 Å². The molecule has 0 aliphatic heterocycles. The Bertz CT molecular complexity index is 440. The monoisotopic (exact) mass is 249 g/mol. The van der Waals surface area contributed by atoms with Gasteiger partial charge in [0, 0.05) is 6.54 Å². The van der Waals surface area contributed by atoms with Gasteiger partial charge in [0.15, 0.2) is 0 Å². The summed E-state index contributed by atoms with van der Waals surface area (Å²) in [6.45, 7) is 7.29. The summed E-state index contributed by atoms with van der Waals surface area (Å²) in [5.41, 5.74) is 6.98. The summed E-state index contributed by atoms with van der Waals surface area (Å²) in [5.74, 6) is 0.789. The van der Waals surface area contributed by atoms with Gasteiger partial charge in [0.25, 0.3) is 0 Å². The average molecular weight is 250 g/mol. The van der Waals surface area contributed by atoms with Crippen molar-refractivity contribution in [3.63, 3.8) is 0 Å². The van der Waals surface area contributed by atoms with Gasteiger partial charge in [-0.3, -0.25) is 0 Å². The van der Waals surface area contributed by atoms with E-state index in [1.807, 2.05) is 0 Å². The van der Waals surface area contributed by atoms with Gasteiger partial charge in [-0.25, -0.2) is 4.84 Å². The second-order valence-electron chi connectivity index (χ2n) is 5.13. The average Bonchev–Trinajstić information content (AvgIpc) is 3.12. The van der Waals surface area contributed by atoms with Crippen LogP contribution >= 0.6 is 11.8 Å². The summed E-state index contributed by atoms with van der Waals surface area (Å²) in [5, 5.41) is 0. The van der Waals surface area contributed by atoms with Crippen LogP contribution in [0.4, 0.5) is 0 Å². The molecule has 0 unspecified atom stereocenters. The van der Waals surface area contributed by atoms with Crippen LogP contribution in [0.15, 0.2) is 23.8 Å². The Balaban J connectivity index is 2.43. The second-order valence-corrected chi connectivity index (χ2v) is 5.40. The summed E-state index contributed by atoms with van der Waals surface area (Å²) in [4.78, 5) is 2.70. The number of rotatable bonds is 4. The van der Waals surface area contributed by atoms with E-state index >= 15 is 0 Å². The molecule has 17 heavy (non-hydrogen) atoms. The summed E-state index contributed by atoms with van der Waals surface area (Å²) in [7, 11) is 0. The van der Waals surface area contributed by atoms with E-state index < -0.39 is 0 Å². The van der Waals surface area contributed by atoms with Crippen LogP contribution in [-0.4, -0.2) is 0 Å². The van der Waals surface area contributed by atoms with Crippen molar-refractivity contribution >= 4 is 17.3 Å². The molecule has 1 fully saturated rings. The molecule has 0 aromatic heterocycles. The highest BCUT2D eigenvalue weighted by Gasteiger charge is 2.26. The Hall–Kier alpha value is -0.790. The lowest BCUT2D eigenvalue weighted by atomic mass is 9.93. The van der Waals surface area contributed by atoms with Gasteiger partial charge in [0.05, 0.1) is 0 Å². The molecule has 0 radical (unpaired) electrons. The third-order valence-electron chi connectivity index (χ3n) is 3.56. The first kappa shape index (κ1) is 12.7. The maximum atomic E-state index is 5.58. The van der Waals surface area contributed by atoms with Gasteiger partial charge < -0.3 is 0 Å².